The van der Waals surface area contributed by atoms with Gasteiger partial charge >= 0.3 is 0 Å². The molecule has 0 amide bonds. The van der Waals surface area contributed by atoms with Crippen LogP contribution in [-0.2, 0) is 16.1 Å². The van der Waals surface area contributed by atoms with Crippen molar-refractivity contribution in [1.29, 1.82) is 0 Å². The number of nitrogens with one attached hydrogen (secondary N) is 1. The molecule has 0 saturated heterocycles. The molecule has 1 aromatic rings. The summed E-state index contributed by atoms with van der Waals surface area (Å²) < 4.78 is 0. The van der Waals surface area contributed by atoms with Crippen LogP contribution >= 0.6 is 0 Å². The van der Waals surface area contributed by atoms with Crippen LogP contribution < -0.4 is 5.32 Å². The van der Waals surface area contributed by atoms with Gasteiger partial charge in [0.2, 0.25) is 11.6 Å². The average molecular weight is 436 g/mol. The molecule has 0 fully saturated rings. The number of allylic oxidation sites excluding steroid dienone is 6. The smallest absolute Gasteiger partial charge is 0.225 e. The minimum absolute atomic E-state index is 0.186. The van der Waals surface area contributed by atoms with Gasteiger partial charge in [0.1, 0.15) is 0 Å². The van der Waals surface area contributed by atoms with Crippen LogP contribution in [0.5, 0.6) is 0 Å². The first-order valence-electron chi connectivity index (χ1n) is 11.7. The average Bonchev–Trinajstić information content (AvgIpc) is 2.77. The third-order valence-electron chi connectivity index (χ3n) is 5.67. The lowest BCUT2D eigenvalue weighted by Crippen LogP contribution is -2.31. The van der Waals surface area contributed by atoms with Crippen LogP contribution in [0.4, 0.5) is 0 Å². The molecule has 2 rings (SSSR count). The molecule has 4 heteroatoms. The van der Waals surface area contributed by atoms with Gasteiger partial charge in [-0.25, -0.2) is 0 Å². The molecule has 0 saturated carbocycles. The van der Waals surface area contributed by atoms with Gasteiger partial charge in [0.25, 0.3) is 0 Å². The number of unbranched alkanes of at least 4 members (excludes halogenated alkanes) is 2. The van der Waals surface area contributed by atoms with E-state index in [1.54, 1.807) is 0 Å². The fourth-order valence-electron chi connectivity index (χ4n) is 3.71. The Bertz CT molecular complexity index is 929. The van der Waals surface area contributed by atoms with Gasteiger partial charge in [-0.05, 0) is 58.4 Å². The predicted molar refractivity (Wildman–Crippen MR) is 131 cm³/mol. The Morgan fingerprint density at radius 3 is 2.34 bits per heavy atom. The van der Waals surface area contributed by atoms with E-state index in [2.05, 4.69) is 32.2 Å². The van der Waals surface area contributed by atoms with Crippen molar-refractivity contribution in [3.05, 3.63) is 81.8 Å². The number of benzene rings is 1. The Hall–Kier alpha value is -2.88. The maximum absolute atomic E-state index is 13.3. The minimum atomic E-state index is -0.415. The normalized spacial score (nSPS) is 14.8. The van der Waals surface area contributed by atoms with E-state index < -0.39 is 5.78 Å². The topological polar surface area (TPSA) is 66.4 Å². The third kappa shape index (κ3) is 7.37. The van der Waals surface area contributed by atoms with Gasteiger partial charge in [0.05, 0.1) is 11.3 Å². The Kier molecular flexibility index (Phi) is 10.2. The Morgan fingerprint density at radius 2 is 1.69 bits per heavy atom. The summed E-state index contributed by atoms with van der Waals surface area (Å²) in [6.07, 6.45) is 9.51. The van der Waals surface area contributed by atoms with E-state index in [-0.39, 0.29) is 23.5 Å². The fourth-order valence-corrected chi connectivity index (χ4v) is 3.71. The van der Waals surface area contributed by atoms with E-state index in [4.69, 9.17) is 0 Å². The van der Waals surface area contributed by atoms with E-state index in [0.717, 1.165) is 43.2 Å². The van der Waals surface area contributed by atoms with E-state index in [1.807, 2.05) is 43.3 Å². The fraction of sp³-hybridized carbons (Fsp3) is 0.429. The number of rotatable bonds is 12. The molecule has 4 nitrogen and oxygen atoms in total. The van der Waals surface area contributed by atoms with E-state index >= 15 is 0 Å². The molecule has 1 aliphatic rings. The highest BCUT2D eigenvalue weighted by atomic mass is 16.3. The molecule has 0 bridgehead atoms. The van der Waals surface area contributed by atoms with Gasteiger partial charge in [-0.15, -0.1) is 0 Å². The van der Waals surface area contributed by atoms with Gasteiger partial charge in [0, 0.05) is 12.1 Å². The highest BCUT2D eigenvalue weighted by Gasteiger charge is 2.33. The maximum atomic E-state index is 13.3. The van der Waals surface area contributed by atoms with Crippen molar-refractivity contribution >= 4 is 11.6 Å². The summed E-state index contributed by atoms with van der Waals surface area (Å²) in [6.45, 7) is 8.72. The summed E-state index contributed by atoms with van der Waals surface area (Å²) in [5.74, 6) is -1.07. The molecule has 1 aromatic carbocycles. The first-order chi connectivity index (χ1) is 15.3. The van der Waals surface area contributed by atoms with Crippen molar-refractivity contribution in [3.8, 4) is 0 Å². The molecule has 0 unspecified atom stereocenters. The van der Waals surface area contributed by atoms with Gasteiger partial charge < -0.3 is 10.4 Å². The van der Waals surface area contributed by atoms with E-state index in [0.29, 0.717) is 24.2 Å². The monoisotopic (exact) mass is 435 g/mol. The molecule has 0 radical (unpaired) electrons. The van der Waals surface area contributed by atoms with Crippen LogP contribution in [0.1, 0.15) is 78.2 Å². The number of hydrogen-bond donors (Lipinski definition) is 2. The molecule has 0 atom stereocenters. The first kappa shape index (κ1) is 25.4. The number of hydrogen-bond acceptors (Lipinski definition) is 4. The molecule has 0 spiro atoms. The van der Waals surface area contributed by atoms with Gasteiger partial charge in [0.15, 0.2) is 5.76 Å². The number of ketones is 2. The zero-order chi connectivity index (χ0) is 23.5. The first-order valence-corrected chi connectivity index (χ1v) is 11.7. The lowest BCUT2D eigenvalue weighted by molar-refractivity contribution is -0.118. The second kappa shape index (κ2) is 12.8. The van der Waals surface area contributed by atoms with Crippen molar-refractivity contribution in [3.63, 3.8) is 0 Å². The summed E-state index contributed by atoms with van der Waals surface area (Å²) in [6, 6.07) is 9.79. The van der Waals surface area contributed by atoms with Crippen molar-refractivity contribution in [2.75, 3.05) is 0 Å². The summed E-state index contributed by atoms with van der Waals surface area (Å²) in [7, 11) is 0. The van der Waals surface area contributed by atoms with Crippen molar-refractivity contribution in [1.82, 2.24) is 5.32 Å². The number of Topliss-reactive ketones (excluding diaryl/α,β-unsaturated/α-hetero) is 2. The Morgan fingerprint density at radius 1 is 0.969 bits per heavy atom. The lowest BCUT2D eigenvalue weighted by atomic mass is 9.87. The molecule has 0 aromatic heterocycles. The number of aliphatic hydroxyl groups excluding tert-OH is 1. The summed E-state index contributed by atoms with van der Waals surface area (Å²) in [5, 5.41) is 13.8. The molecule has 0 aliphatic heterocycles. The Labute approximate surface area is 192 Å². The van der Waals surface area contributed by atoms with Gasteiger partial charge in [-0.3, -0.25) is 9.59 Å². The highest BCUT2D eigenvalue weighted by Crippen LogP contribution is 2.28. The Balaban J connectivity index is 2.23. The molecule has 32 heavy (non-hydrogen) atoms. The third-order valence-corrected chi connectivity index (χ3v) is 5.67. The second-order valence-corrected chi connectivity index (χ2v) is 8.71. The quantitative estimate of drug-likeness (QED) is 0.219. The van der Waals surface area contributed by atoms with Crippen LogP contribution in [-0.4, -0.2) is 16.7 Å². The molecule has 2 N–H and O–H groups in total. The van der Waals surface area contributed by atoms with E-state index in [1.165, 1.54) is 5.57 Å². The standard InChI is InChI=1S/C28H37NO3/c1-5-6-8-16-23-25(29-19-22-14-9-7-10-15-22)26(30)24(28(32)27(23)31)18-17-21(4)13-11-12-20(2)3/h7,9-10,12,14-15,17,29,32H,5-6,8,11,13,16,18-19H2,1-4H3/b21-17+. The number of aliphatic hydroxyl groups is 1. The van der Waals surface area contributed by atoms with Gasteiger partial charge in [-0.2, -0.15) is 0 Å². The molecule has 0 heterocycles. The predicted octanol–water partition coefficient (Wildman–Crippen LogP) is 6.66. The van der Waals surface area contributed by atoms with Crippen LogP contribution in [0, 0.1) is 0 Å². The molecule has 172 valence electrons. The van der Waals surface area contributed by atoms with Crippen molar-refractivity contribution < 1.29 is 14.7 Å². The SMILES string of the molecule is CCCCCC1=C(NCc2ccccc2)C(=O)C(C/C=C(\C)CCC=C(C)C)=C(O)C1=O. The molecular weight excluding hydrogens is 398 g/mol. The second-order valence-electron chi connectivity index (χ2n) is 8.71. The van der Waals surface area contributed by atoms with Crippen molar-refractivity contribution in [2.45, 2.75) is 79.2 Å². The largest absolute Gasteiger partial charge is 0.504 e. The summed E-state index contributed by atoms with van der Waals surface area (Å²) >= 11 is 0. The van der Waals surface area contributed by atoms with E-state index in [9.17, 15) is 14.7 Å². The van der Waals surface area contributed by atoms with Gasteiger partial charge in [-0.1, -0.05) is 73.4 Å². The van der Waals surface area contributed by atoms with Crippen LogP contribution in [0.3, 0.4) is 0 Å². The zero-order valence-corrected chi connectivity index (χ0v) is 20.0. The van der Waals surface area contributed by atoms with Crippen LogP contribution in [0.2, 0.25) is 0 Å². The number of carbonyl (C=O) groups is 2. The summed E-state index contributed by atoms with van der Waals surface area (Å²) in [4.78, 5) is 26.3. The molecular formula is C28H37NO3. The minimum Gasteiger partial charge on any atom is -0.504 e. The lowest BCUT2D eigenvalue weighted by Gasteiger charge is -2.22. The van der Waals surface area contributed by atoms with Crippen LogP contribution in [0.15, 0.2) is 76.2 Å². The summed E-state index contributed by atoms with van der Waals surface area (Å²) in [5.41, 5.74) is 4.39. The van der Waals surface area contributed by atoms with Crippen LogP contribution in [0.25, 0.3) is 0 Å². The highest BCUT2D eigenvalue weighted by molar-refractivity contribution is 6.24. The maximum Gasteiger partial charge on any atom is 0.225 e. The molecule has 1 aliphatic carbocycles. The number of carbonyl (C=O) groups excluding carboxylic acids is 2. The van der Waals surface area contributed by atoms with Crippen molar-refractivity contribution in [2.24, 2.45) is 0 Å². The zero-order valence-electron chi connectivity index (χ0n) is 20.0.